The van der Waals surface area contributed by atoms with Crippen LogP contribution in [0.15, 0.2) is 36.4 Å². The van der Waals surface area contributed by atoms with Crippen molar-refractivity contribution in [2.45, 2.75) is 13.5 Å². The van der Waals surface area contributed by atoms with E-state index in [-0.39, 0.29) is 0 Å². The number of rotatable bonds is 3. The number of carbonyl (C=O) groups excluding carboxylic acids is 2. The average molecular weight is 341 g/mol. The number of aryl methyl sites for hydroxylation is 1. The first-order chi connectivity index (χ1) is 11.8. The lowest BCUT2D eigenvalue weighted by atomic mass is 10.1. The maximum atomic E-state index is 11.3. The molecule has 1 aromatic heterocycles. The molecule has 2 aromatic carbocycles. The quantitative estimate of drug-likeness (QED) is 0.323. The number of urea groups is 2. The third-order valence-electron chi connectivity index (χ3n) is 4.18. The van der Waals surface area contributed by atoms with Crippen molar-refractivity contribution in [2.24, 2.45) is 23.2 Å². The fourth-order valence-electron chi connectivity index (χ4n) is 2.97. The zero-order chi connectivity index (χ0) is 18.3. The summed E-state index contributed by atoms with van der Waals surface area (Å²) in [6, 6.07) is 9.18. The lowest BCUT2D eigenvalue weighted by Crippen LogP contribution is -2.41. The first-order valence-corrected chi connectivity index (χ1v) is 7.59. The van der Waals surface area contributed by atoms with E-state index in [1.54, 1.807) is 24.3 Å². The van der Waals surface area contributed by atoms with E-state index in [4.69, 9.17) is 23.2 Å². The van der Waals surface area contributed by atoms with E-state index >= 15 is 0 Å². The lowest BCUT2D eigenvalue weighted by Gasteiger charge is -2.14. The normalized spacial score (nSPS) is 11.0. The molecule has 0 saturated heterocycles. The number of nitrogens with zero attached hydrogens (tertiary/aromatic N) is 3. The molecule has 0 aliphatic rings. The van der Waals surface area contributed by atoms with Crippen molar-refractivity contribution in [3.8, 4) is 0 Å². The zero-order valence-electron chi connectivity index (χ0n) is 13.6. The molecule has 1 heterocycles. The molecule has 130 valence electrons. The molecule has 4 amide bonds. The number of benzene rings is 2. The summed E-state index contributed by atoms with van der Waals surface area (Å²) < 4.78 is 2.11. The molecule has 0 atom stereocenters. The summed E-state index contributed by atoms with van der Waals surface area (Å²) in [5.41, 5.74) is 13.3. The van der Waals surface area contributed by atoms with Crippen LogP contribution >= 0.6 is 0 Å². The Bertz CT molecular complexity index is 918. The van der Waals surface area contributed by atoms with Crippen LogP contribution in [-0.4, -0.2) is 16.6 Å². The SMILES string of the molecule is CCn1c2ccc(N(N)C(N)=O)cc2c2cc(N(N)C(N)=O)ccc21. The predicted octanol–water partition coefficient (Wildman–Crippen LogP) is 1.33. The van der Waals surface area contributed by atoms with Crippen LogP contribution in [0.4, 0.5) is 21.0 Å². The molecule has 0 fully saturated rings. The van der Waals surface area contributed by atoms with Crippen molar-refractivity contribution < 1.29 is 9.59 Å². The maximum Gasteiger partial charge on any atom is 0.333 e. The average Bonchev–Trinajstić information content (AvgIpc) is 2.92. The Morgan fingerprint density at radius 3 is 1.60 bits per heavy atom. The van der Waals surface area contributed by atoms with E-state index in [1.807, 2.05) is 19.1 Å². The molecular weight excluding hydrogens is 322 g/mol. The topological polar surface area (TPSA) is 150 Å². The number of anilines is 2. The fourth-order valence-corrected chi connectivity index (χ4v) is 2.97. The number of primary amides is 2. The van der Waals surface area contributed by atoms with Crippen LogP contribution < -0.4 is 33.2 Å². The summed E-state index contributed by atoms with van der Waals surface area (Å²) in [6.07, 6.45) is 0. The summed E-state index contributed by atoms with van der Waals surface area (Å²) in [5.74, 6) is 11.4. The van der Waals surface area contributed by atoms with E-state index in [0.717, 1.165) is 38.4 Å². The minimum Gasteiger partial charge on any atom is -0.350 e. The summed E-state index contributed by atoms with van der Waals surface area (Å²) in [6.45, 7) is 2.76. The highest BCUT2D eigenvalue weighted by atomic mass is 16.2. The molecule has 3 aromatic rings. The Balaban J connectivity index is 2.30. The molecule has 0 saturated carbocycles. The van der Waals surface area contributed by atoms with Crippen LogP contribution in [-0.2, 0) is 6.54 Å². The minimum absolute atomic E-state index is 0.458. The molecule has 9 heteroatoms. The van der Waals surface area contributed by atoms with Gasteiger partial charge in [0.1, 0.15) is 0 Å². The second-order valence-corrected chi connectivity index (χ2v) is 5.56. The predicted molar refractivity (Wildman–Crippen MR) is 97.6 cm³/mol. The Morgan fingerprint density at radius 2 is 1.28 bits per heavy atom. The number of hydrogen-bond donors (Lipinski definition) is 4. The molecule has 0 aliphatic heterocycles. The van der Waals surface area contributed by atoms with Gasteiger partial charge in [0.05, 0.1) is 11.4 Å². The van der Waals surface area contributed by atoms with E-state index in [9.17, 15) is 9.59 Å². The smallest absolute Gasteiger partial charge is 0.333 e. The van der Waals surface area contributed by atoms with Gasteiger partial charge in [0.25, 0.3) is 0 Å². The van der Waals surface area contributed by atoms with Gasteiger partial charge >= 0.3 is 12.1 Å². The standard InChI is InChI=1S/C16H19N7O2/c1-2-21-13-5-3-9(22(19)15(17)24)7-11(13)12-8-10(4-6-14(12)21)23(20)16(18)25/h3-8H,2,19-20H2,1H3,(H2,17,24)(H2,18,25). The van der Waals surface area contributed by atoms with Crippen molar-refractivity contribution >= 4 is 45.2 Å². The molecule has 8 N–H and O–H groups in total. The van der Waals surface area contributed by atoms with Crippen LogP contribution in [0.5, 0.6) is 0 Å². The van der Waals surface area contributed by atoms with Crippen LogP contribution in [0.1, 0.15) is 6.92 Å². The monoisotopic (exact) mass is 341 g/mol. The summed E-state index contributed by atoms with van der Waals surface area (Å²) in [4.78, 5) is 22.6. The van der Waals surface area contributed by atoms with Crippen LogP contribution in [0.2, 0.25) is 0 Å². The first-order valence-electron chi connectivity index (χ1n) is 7.59. The number of carbonyl (C=O) groups is 2. The van der Waals surface area contributed by atoms with Gasteiger partial charge < -0.3 is 16.0 Å². The van der Waals surface area contributed by atoms with Crippen LogP contribution in [0, 0.1) is 0 Å². The maximum absolute atomic E-state index is 11.3. The fraction of sp³-hybridized carbons (Fsp3) is 0.125. The van der Waals surface area contributed by atoms with Crippen molar-refractivity contribution in [3.63, 3.8) is 0 Å². The van der Waals surface area contributed by atoms with Gasteiger partial charge in [0, 0.05) is 28.4 Å². The Morgan fingerprint density at radius 1 is 0.880 bits per heavy atom. The van der Waals surface area contributed by atoms with Gasteiger partial charge in [-0.1, -0.05) is 0 Å². The number of fused-ring (bicyclic) bond motifs is 3. The number of aromatic nitrogens is 1. The third-order valence-corrected chi connectivity index (χ3v) is 4.18. The second kappa shape index (κ2) is 5.96. The highest BCUT2D eigenvalue weighted by molar-refractivity contribution is 6.11. The highest BCUT2D eigenvalue weighted by Crippen LogP contribution is 2.33. The van der Waals surface area contributed by atoms with E-state index in [2.05, 4.69) is 4.57 Å². The number of nitrogens with two attached hydrogens (primary N) is 4. The second-order valence-electron chi connectivity index (χ2n) is 5.56. The number of hydrazine groups is 2. The minimum atomic E-state index is -0.763. The molecule has 25 heavy (non-hydrogen) atoms. The van der Waals surface area contributed by atoms with Crippen LogP contribution in [0.25, 0.3) is 21.8 Å². The highest BCUT2D eigenvalue weighted by Gasteiger charge is 2.16. The molecule has 0 unspecified atom stereocenters. The summed E-state index contributed by atoms with van der Waals surface area (Å²) in [5, 5.41) is 3.45. The molecule has 0 aliphatic carbocycles. The van der Waals surface area contributed by atoms with Gasteiger partial charge in [-0.2, -0.15) is 0 Å². The molecule has 0 spiro atoms. The number of amides is 4. The van der Waals surface area contributed by atoms with Crippen molar-refractivity contribution in [2.75, 3.05) is 10.0 Å². The largest absolute Gasteiger partial charge is 0.350 e. The first kappa shape index (κ1) is 16.6. The number of hydrogen-bond acceptors (Lipinski definition) is 4. The van der Waals surface area contributed by atoms with E-state index in [1.165, 1.54) is 0 Å². The van der Waals surface area contributed by atoms with Gasteiger partial charge in [0.2, 0.25) is 0 Å². The van der Waals surface area contributed by atoms with E-state index in [0.29, 0.717) is 11.4 Å². The van der Waals surface area contributed by atoms with Crippen molar-refractivity contribution in [1.82, 2.24) is 4.57 Å². The molecule has 9 nitrogen and oxygen atoms in total. The van der Waals surface area contributed by atoms with Gasteiger partial charge in [-0.3, -0.25) is 0 Å². The van der Waals surface area contributed by atoms with Gasteiger partial charge in [-0.25, -0.2) is 31.3 Å². The molecule has 3 rings (SSSR count). The van der Waals surface area contributed by atoms with E-state index < -0.39 is 12.1 Å². The zero-order valence-corrected chi connectivity index (χ0v) is 13.6. The van der Waals surface area contributed by atoms with Gasteiger partial charge in [-0.15, -0.1) is 0 Å². The summed E-state index contributed by atoms with van der Waals surface area (Å²) in [7, 11) is 0. The summed E-state index contributed by atoms with van der Waals surface area (Å²) >= 11 is 0. The lowest BCUT2D eigenvalue weighted by molar-refractivity contribution is 0.253. The third kappa shape index (κ3) is 2.61. The Kier molecular flexibility index (Phi) is 3.95. The molecule has 0 radical (unpaired) electrons. The van der Waals surface area contributed by atoms with Crippen molar-refractivity contribution in [3.05, 3.63) is 36.4 Å². The van der Waals surface area contributed by atoms with Crippen LogP contribution in [0.3, 0.4) is 0 Å². The molecular formula is C16H19N7O2. The Hall–Kier alpha value is -3.30. The van der Waals surface area contributed by atoms with Gasteiger partial charge in [0.15, 0.2) is 0 Å². The van der Waals surface area contributed by atoms with Crippen molar-refractivity contribution in [1.29, 1.82) is 0 Å². The Labute approximate surface area is 143 Å². The van der Waals surface area contributed by atoms with Gasteiger partial charge in [-0.05, 0) is 43.3 Å². The molecule has 0 bridgehead atoms.